The summed E-state index contributed by atoms with van der Waals surface area (Å²) in [4.78, 5) is 26.4. The van der Waals surface area contributed by atoms with Crippen LogP contribution in [0.5, 0.6) is 0 Å². The zero-order valence-electron chi connectivity index (χ0n) is 22.2. The fraction of sp³-hybridized carbons (Fsp3) is 0.704. The van der Waals surface area contributed by atoms with Crippen LogP contribution >= 0.6 is 11.6 Å². The van der Waals surface area contributed by atoms with E-state index in [9.17, 15) is 9.59 Å². The number of urea groups is 1. The number of rotatable bonds is 12. The second-order valence-electron chi connectivity index (χ2n) is 9.87. The average Bonchev–Trinajstić information content (AvgIpc) is 2.92. The number of nitrogens with zero attached hydrogens (tertiary/aromatic N) is 1. The molecule has 0 saturated carbocycles. The Morgan fingerprint density at radius 1 is 1.24 bits per heavy atom. The first-order valence-electron chi connectivity index (χ1n) is 13.5. The number of nitrogens with one attached hydrogen (secondary N) is 3. The Morgan fingerprint density at radius 3 is 2.84 bits per heavy atom. The van der Waals surface area contributed by atoms with Gasteiger partial charge in [-0.05, 0) is 62.3 Å². The van der Waals surface area contributed by atoms with Crippen molar-refractivity contribution >= 4 is 23.7 Å². The van der Waals surface area contributed by atoms with Gasteiger partial charge in [0.05, 0.1) is 19.8 Å². The van der Waals surface area contributed by atoms with E-state index in [-0.39, 0.29) is 24.1 Å². The van der Waals surface area contributed by atoms with E-state index in [4.69, 9.17) is 21.1 Å². The van der Waals surface area contributed by atoms with Gasteiger partial charge in [0.2, 0.25) is 0 Å². The molecule has 2 fully saturated rings. The summed E-state index contributed by atoms with van der Waals surface area (Å²) < 4.78 is 16.5. The summed E-state index contributed by atoms with van der Waals surface area (Å²) >= 11 is 6.28. The molecule has 3 rings (SSSR count). The van der Waals surface area contributed by atoms with Crippen LogP contribution in [-0.2, 0) is 14.2 Å². The van der Waals surface area contributed by atoms with Crippen LogP contribution in [0, 0.1) is 11.8 Å². The van der Waals surface area contributed by atoms with Crippen molar-refractivity contribution in [2.24, 2.45) is 11.8 Å². The molecular formula is C27H43ClN4O5. The fourth-order valence-electron chi connectivity index (χ4n) is 5.29. The molecule has 2 aliphatic heterocycles. The van der Waals surface area contributed by atoms with Crippen LogP contribution in [0.4, 0.5) is 9.59 Å². The van der Waals surface area contributed by atoms with Crippen molar-refractivity contribution < 1.29 is 23.8 Å². The van der Waals surface area contributed by atoms with E-state index < -0.39 is 6.09 Å². The standard InChI is InChI=1S/C27H43ClN4O5/c1-3-29-24(15-20-7-6-13-36-19-20)17-31-26(33)32-12-5-9-22(18-32)25(21-8-4-10-23(28)16-21)37-14-11-30-27(34)35-2/h4,8,10,16,20,22,24-25,29H,3,5-7,9,11-15,17-19H2,1-2H3,(H,30,34)(H,31,33)/t20-,22?,24-,25?/m0/s1. The largest absolute Gasteiger partial charge is 0.453 e. The minimum Gasteiger partial charge on any atom is -0.453 e. The molecule has 0 aliphatic carbocycles. The number of amides is 3. The van der Waals surface area contributed by atoms with Gasteiger partial charge in [-0.1, -0.05) is 30.7 Å². The Hall–Kier alpha value is -2.07. The van der Waals surface area contributed by atoms with Gasteiger partial charge in [0, 0.05) is 56.4 Å². The van der Waals surface area contributed by atoms with E-state index >= 15 is 0 Å². The number of likely N-dealkylation sites (N-methyl/N-ethyl adjacent to an activating group) is 1. The normalized spacial score (nSPS) is 21.6. The van der Waals surface area contributed by atoms with Gasteiger partial charge in [0.15, 0.2) is 0 Å². The minimum absolute atomic E-state index is 0.0373. The number of likely N-dealkylation sites (tertiary alicyclic amines) is 1. The lowest BCUT2D eigenvalue weighted by atomic mass is 9.88. The number of alkyl carbamates (subject to hydrolysis) is 1. The molecule has 2 saturated heterocycles. The van der Waals surface area contributed by atoms with E-state index in [0.717, 1.165) is 57.6 Å². The first-order valence-corrected chi connectivity index (χ1v) is 13.9. The highest BCUT2D eigenvalue weighted by Gasteiger charge is 2.31. The third-order valence-corrected chi connectivity index (χ3v) is 7.30. The number of hydrogen-bond donors (Lipinski definition) is 3. The number of piperidine rings is 1. The lowest BCUT2D eigenvalue weighted by Crippen LogP contribution is -2.50. The SMILES string of the molecule is CCN[C@H](CNC(=O)N1CCCC(C(OCCNC(=O)OC)c2cccc(Cl)c2)C1)C[C@@H]1CCCOC1. The number of carbonyl (C=O) groups excluding carboxylic acids is 2. The summed E-state index contributed by atoms with van der Waals surface area (Å²) in [6.45, 7) is 7.19. The van der Waals surface area contributed by atoms with Crippen LogP contribution in [0.1, 0.15) is 50.7 Å². The van der Waals surface area contributed by atoms with Gasteiger partial charge in [0.25, 0.3) is 0 Å². The van der Waals surface area contributed by atoms with E-state index in [1.165, 1.54) is 13.5 Å². The van der Waals surface area contributed by atoms with Crippen molar-refractivity contribution in [2.45, 2.75) is 51.2 Å². The molecule has 3 N–H and O–H groups in total. The second-order valence-corrected chi connectivity index (χ2v) is 10.3. The van der Waals surface area contributed by atoms with Crippen LogP contribution < -0.4 is 16.0 Å². The summed E-state index contributed by atoms with van der Waals surface area (Å²) in [5, 5.41) is 9.98. The maximum atomic E-state index is 13.2. The van der Waals surface area contributed by atoms with Crippen molar-refractivity contribution in [2.75, 3.05) is 59.7 Å². The fourth-order valence-corrected chi connectivity index (χ4v) is 5.48. The Bertz CT molecular complexity index is 839. The summed E-state index contributed by atoms with van der Waals surface area (Å²) in [6.07, 6.45) is 4.40. The third-order valence-electron chi connectivity index (χ3n) is 7.07. The Kier molecular flexibility index (Phi) is 12.8. The molecule has 4 atom stereocenters. The van der Waals surface area contributed by atoms with Crippen LogP contribution in [0.15, 0.2) is 24.3 Å². The highest BCUT2D eigenvalue weighted by atomic mass is 35.5. The van der Waals surface area contributed by atoms with E-state index in [0.29, 0.717) is 37.2 Å². The molecule has 37 heavy (non-hydrogen) atoms. The maximum absolute atomic E-state index is 13.2. The second kappa shape index (κ2) is 16.0. The lowest BCUT2D eigenvalue weighted by molar-refractivity contribution is -0.00851. The third kappa shape index (κ3) is 9.96. The molecule has 3 amide bonds. The summed E-state index contributed by atoms with van der Waals surface area (Å²) in [6, 6.07) is 7.85. The van der Waals surface area contributed by atoms with E-state index in [2.05, 4.69) is 27.6 Å². The van der Waals surface area contributed by atoms with Crippen LogP contribution in [0.3, 0.4) is 0 Å². The van der Waals surface area contributed by atoms with Gasteiger partial charge in [0.1, 0.15) is 0 Å². The quantitative estimate of drug-likeness (QED) is 0.348. The summed E-state index contributed by atoms with van der Waals surface area (Å²) in [5.41, 5.74) is 0.972. The lowest BCUT2D eigenvalue weighted by Gasteiger charge is -2.37. The van der Waals surface area contributed by atoms with Gasteiger partial charge < -0.3 is 35.1 Å². The molecule has 9 nitrogen and oxygen atoms in total. The molecule has 0 radical (unpaired) electrons. The molecule has 10 heteroatoms. The number of benzene rings is 1. The smallest absolute Gasteiger partial charge is 0.406 e. The molecule has 0 aromatic heterocycles. The van der Waals surface area contributed by atoms with Crippen molar-refractivity contribution in [1.82, 2.24) is 20.9 Å². The molecule has 1 aromatic carbocycles. The zero-order chi connectivity index (χ0) is 26.5. The topological polar surface area (TPSA) is 101 Å². The Labute approximate surface area is 225 Å². The van der Waals surface area contributed by atoms with Gasteiger partial charge in [-0.25, -0.2) is 9.59 Å². The minimum atomic E-state index is -0.490. The number of carbonyl (C=O) groups is 2. The summed E-state index contributed by atoms with van der Waals surface area (Å²) in [5.74, 6) is 0.651. The Balaban J connectivity index is 1.57. The highest BCUT2D eigenvalue weighted by molar-refractivity contribution is 6.30. The molecule has 2 unspecified atom stereocenters. The molecule has 2 heterocycles. The average molecular weight is 539 g/mol. The number of halogens is 1. The zero-order valence-corrected chi connectivity index (χ0v) is 22.9. The van der Waals surface area contributed by atoms with Crippen molar-refractivity contribution in [3.8, 4) is 0 Å². The van der Waals surface area contributed by atoms with Crippen LogP contribution in [-0.4, -0.2) is 82.7 Å². The molecule has 0 spiro atoms. The molecular weight excluding hydrogens is 496 g/mol. The first-order chi connectivity index (χ1) is 18.0. The van der Waals surface area contributed by atoms with E-state index in [1.807, 2.05) is 29.2 Å². The van der Waals surface area contributed by atoms with Gasteiger partial charge in [-0.3, -0.25) is 0 Å². The molecule has 1 aromatic rings. The predicted octanol–water partition coefficient (Wildman–Crippen LogP) is 3.97. The molecule has 2 aliphatic rings. The van der Waals surface area contributed by atoms with Crippen LogP contribution in [0.2, 0.25) is 5.02 Å². The maximum Gasteiger partial charge on any atom is 0.406 e. The Morgan fingerprint density at radius 2 is 2.11 bits per heavy atom. The molecule has 208 valence electrons. The predicted molar refractivity (Wildman–Crippen MR) is 144 cm³/mol. The number of hydrogen-bond acceptors (Lipinski definition) is 6. The number of methoxy groups -OCH3 is 1. The highest BCUT2D eigenvalue weighted by Crippen LogP contribution is 2.34. The first kappa shape index (κ1) is 29.5. The van der Waals surface area contributed by atoms with Crippen molar-refractivity contribution in [1.29, 1.82) is 0 Å². The van der Waals surface area contributed by atoms with Crippen molar-refractivity contribution in [3.05, 3.63) is 34.9 Å². The summed E-state index contributed by atoms with van der Waals surface area (Å²) in [7, 11) is 1.33. The van der Waals surface area contributed by atoms with Crippen molar-refractivity contribution in [3.63, 3.8) is 0 Å². The van der Waals surface area contributed by atoms with Crippen LogP contribution in [0.25, 0.3) is 0 Å². The van der Waals surface area contributed by atoms with Gasteiger partial charge in [-0.15, -0.1) is 0 Å². The number of ether oxygens (including phenoxy) is 3. The van der Waals surface area contributed by atoms with Gasteiger partial charge >= 0.3 is 12.1 Å². The monoisotopic (exact) mass is 538 g/mol. The van der Waals surface area contributed by atoms with Gasteiger partial charge in [-0.2, -0.15) is 0 Å². The van der Waals surface area contributed by atoms with E-state index in [1.54, 1.807) is 0 Å². The molecule has 0 bridgehead atoms.